The number of hydrogen-bond acceptors (Lipinski definition) is 2. The molecule has 3 aromatic carbocycles. The molecule has 0 fully saturated rings. The minimum Gasteiger partial charge on any atom is -0.356 e. The Bertz CT molecular complexity index is 1040. The summed E-state index contributed by atoms with van der Waals surface area (Å²) in [4.78, 5) is 13.0. The Morgan fingerprint density at radius 3 is 2.19 bits per heavy atom. The molecule has 1 atom stereocenters. The first kappa shape index (κ1) is 22.7. The van der Waals surface area contributed by atoms with Crippen molar-refractivity contribution in [2.45, 2.75) is 45.6 Å². The smallest absolute Gasteiger partial charge is 0.193 e. The van der Waals surface area contributed by atoms with Gasteiger partial charge in [0.15, 0.2) is 10.9 Å². The summed E-state index contributed by atoms with van der Waals surface area (Å²) in [5.41, 5.74) is 4.56. The van der Waals surface area contributed by atoms with Crippen LogP contribution in [0.5, 0.6) is 0 Å². The molecular weight excluding hydrogens is 400 g/mol. The summed E-state index contributed by atoms with van der Waals surface area (Å²) in [6, 6.07) is 25.7. The van der Waals surface area contributed by atoms with Gasteiger partial charge in [-0.05, 0) is 47.3 Å². The van der Waals surface area contributed by atoms with Crippen LogP contribution in [-0.4, -0.2) is 10.9 Å². The molecule has 3 rings (SSSR count). The first-order valence-electron chi connectivity index (χ1n) is 10.7. The van der Waals surface area contributed by atoms with E-state index in [0.29, 0.717) is 16.2 Å². The van der Waals surface area contributed by atoms with Gasteiger partial charge in [0.2, 0.25) is 0 Å². The highest BCUT2D eigenvalue weighted by Crippen LogP contribution is 2.23. The van der Waals surface area contributed by atoms with Gasteiger partial charge in [-0.2, -0.15) is 0 Å². The molecule has 0 aliphatic heterocycles. The molecule has 0 saturated heterocycles. The summed E-state index contributed by atoms with van der Waals surface area (Å²) in [7, 11) is 0. The van der Waals surface area contributed by atoms with E-state index in [1.165, 1.54) is 11.1 Å². The highest BCUT2D eigenvalue weighted by atomic mass is 32.1. The lowest BCUT2D eigenvalue weighted by Crippen LogP contribution is -2.32. The average molecular weight is 431 g/mol. The first-order chi connectivity index (χ1) is 14.8. The standard InChI is InChI=1S/C27H30N2OS/c1-5-24(19-10-7-6-8-11-19)29-26(31)28-23-13-9-12-21(18-23)25(30)20-14-16-22(17-15-20)27(2,3)4/h6-18,24H,5H2,1-4H3,(H2,28,29,31)/t24-/m1/s1. The van der Waals surface area contributed by atoms with Crippen molar-refractivity contribution in [2.24, 2.45) is 0 Å². The summed E-state index contributed by atoms with van der Waals surface area (Å²) >= 11 is 5.52. The third-order valence-electron chi connectivity index (χ3n) is 5.31. The summed E-state index contributed by atoms with van der Waals surface area (Å²) < 4.78 is 0. The van der Waals surface area contributed by atoms with Gasteiger partial charge in [0.05, 0.1) is 6.04 Å². The topological polar surface area (TPSA) is 41.1 Å². The van der Waals surface area contributed by atoms with Gasteiger partial charge < -0.3 is 10.6 Å². The Hall–Kier alpha value is -2.98. The van der Waals surface area contributed by atoms with E-state index in [1.54, 1.807) is 0 Å². The maximum Gasteiger partial charge on any atom is 0.193 e. The van der Waals surface area contributed by atoms with E-state index < -0.39 is 0 Å². The Kier molecular flexibility index (Phi) is 7.24. The third-order valence-corrected chi connectivity index (χ3v) is 5.53. The predicted octanol–water partition coefficient (Wildman–Crippen LogP) is 6.65. The number of benzene rings is 3. The summed E-state index contributed by atoms with van der Waals surface area (Å²) in [6.07, 6.45) is 0.912. The quantitative estimate of drug-likeness (QED) is 0.339. The van der Waals surface area contributed by atoms with Crippen molar-refractivity contribution >= 4 is 28.8 Å². The monoisotopic (exact) mass is 430 g/mol. The minimum absolute atomic E-state index is 0.00120. The second-order valence-electron chi connectivity index (χ2n) is 8.71. The lowest BCUT2D eigenvalue weighted by atomic mass is 9.86. The van der Waals surface area contributed by atoms with Gasteiger partial charge in [-0.3, -0.25) is 4.79 Å². The predicted molar refractivity (Wildman–Crippen MR) is 134 cm³/mol. The van der Waals surface area contributed by atoms with Gasteiger partial charge in [-0.1, -0.05) is 94.4 Å². The lowest BCUT2D eigenvalue weighted by molar-refractivity contribution is 0.103. The number of nitrogens with one attached hydrogen (secondary N) is 2. The summed E-state index contributed by atoms with van der Waals surface area (Å²) in [5, 5.41) is 7.12. The molecule has 0 aliphatic carbocycles. The fourth-order valence-corrected chi connectivity index (χ4v) is 3.72. The van der Waals surface area contributed by atoms with Crippen molar-refractivity contribution in [3.8, 4) is 0 Å². The Morgan fingerprint density at radius 1 is 0.903 bits per heavy atom. The highest BCUT2D eigenvalue weighted by Gasteiger charge is 2.16. The van der Waals surface area contributed by atoms with Gasteiger partial charge in [0.25, 0.3) is 0 Å². The fraction of sp³-hybridized carbons (Fsp3) is 0.259. The lowest BCUT2D eigenvalue weighted by Gasteiger charge is -2.20. The molecule has 0 radical (unpaired) electrons. The molecular formula is C27H30N2OS. The van der Waals surface area contributed by atoms with Crippen molar-refractivity contribution in [2.75, 3.05) is 5.32 Å². The van der Waals surface area contributed by atoms with E-state index in [2.05, 4.69) is 50.5 Å². The maximum absolute atomic E-state index is 13.0. The van der Waals surface area contributed by atoms with Crippen LogP contribution in [-0.2, 0) is 5.41 Å². The van der Waals surface area contributed by atoms with Crippen molar-refractivity contribution < 1.29 is 4.79 Å². The van der Waals surface area contributed by atoms with Crippen LogP contribution in [0, 0.1) is 0 Å². The molecule has 0 heterocycles. The number of ketones is 1. The van der Waals surface area contributed by atoms with Crippen molar-refractivity contribution in [1.82, 2.24) is 5.32 Å². The third kappa shape index (κ3) is 6.02. The van der Waals surface area contributed by atoms with Crippen LogP contribution in [0.1, 0.15) is 67.2 Å². The molecule has 31 heavy (non-hydrogen) atoms. The molecule has 3 nitrogen and oxygen atoms in total. The second kappa shape index (κ2) is 9.88. The van der Waals surface area contributed by atoms with Crippen LogP contribution in [0.25, 0.3) is 0 Å². The number of thiocarbonyl (C=S) groups is 1. The molecule has 0 aliphatic rings. The van der Waals surface area contributed by atoms with Crippen molar-refractivity contribution in [3.63, 3.8) is 0 Å². The number of rotatable bonds is 6. The molecule has 0 saturated carbocycles. The molecule has 0 spiro atoms. The van der Waals surface area contributed by atoms with Gasteiger partial charge >= 0.3 is 0 Å². The van der Waals surface area contributed by atoms with Crippen LogP contribution in [0.3, 0.4) is 0 Å². The zero-order valence-electron chi connectivity index (χ0n) is 18.6. The molecule has 0 aromatic heterocycles. The number of hydrogen-bond donors (Lipinski definition) is 2. The summed E-state index contributed by atoms with van der Waals surface area (Å²) in [5.74, 6) is -0.00120. The van der Waals surface area contributed by atoms with E-state index in [1.807, 2.05) is 66.7 Å². The van der Waals surface area contributed by atoms with Crippen LogP contribution < -0.4 is 10.6 Å². The molecule has 0 bridgehead atoms. The SMILES string of the molecule is CC[C@@H](NC(=S)Nc1cccc(C(=O)c2ccc(C(C)(C)C)cc2)c1)c1ccccc1. The van der Waals surface area contributed by atoms with Crippen LogP contribution in [0.15, 0.2) is 78.9 Å². The zero-order chi connectivity index (χ0) is 22.4. The average Bonchev–Trinajstić information content (AvgIpc) is 2.77. The molecule has 3 aromatic rings. The van der Waals surface area contributed by atoms with E-state index in [0.717, 1.165) is 12.1 Å². The Balaban J connectivity index is 1.69. The van der Waals surface area contributed by atoms with E-state index in [-0.39, 0.29) is 17.2 Å². The van der Waals surface area contributed by atoms with Gasteiger partial charge in [0.1, 0.15) is 0 Å². The van der Waals surface area contributed by atoms with Gasteiger partial charge in [-0.15, -0.1) is 0 Å². The Morgan fingerprint density at radius 2 is 1.58 bits per heavy atom. The molecule has 0 unspecified atom stereocenters. The fourth-order valence-electron chi connectivity index (χ4n) is 3.46. The molecule has 0 amide bonds. The second-order valence-corrected chi connectivity index (χ2v) is 9.12. The van der Waals surface area contributed by atoms with E-state index in [4.69, 9.17) is 12.2 Å². The van der Waals surface area contributed by atoms with E-state index >= 15 is 0 Å². The highest BCUT2D eigenvalue weighted by molar-refractivity contribution is 7.80. The number of carbonyl (C=O) groups is 1. The minimum atomic E-state index is -0.00120. The van der Waals surface area contributed by atoms with Crippen LogP contribution in [0.2, 0.25) is 0 Å². The first-order valence-corrected chi connectivity index (χ1v) is 11.1. The Labute approximate surface area is 190 Å². The summed E-state index contributed by atoms with van der Waals surface area (Å²) in [6.45, 7) is 8.61. The number of anilines is 1. The molecule has 4 heteroatoms. The molecule has 2 N–H and O–H groups in total. The van der Waals surface area contributed by atoms with Crippen molar-refractivity contribution in [1.29, 1.82) is 0 Å². The van der Waals surface area contributed by atoms with Crippen molar-refractivity contribution in [3.05, 3.63) is 101 Å². The largest absolute Gasteiger partial charge is 0.356 e. The van der Waals surface area contributed by atoms with E-state index in [9.17, 15) is 4.79 Å². The maximum atomic E-state index is 13.0. The van der Waals surface area contributed by atoms with Gasteiger partial charge in [-0.25, -0.2) is 0 Å². The normalized spacial score (nSPS) is 12.1. The molecule has 160 valence electrons. The zero-order valence-corrected chi connectivity index (χ0v) is 19.4. The van der Waals surface area contributed by atoms with Crippen LogP contribution >= 0.6 is 12.2 Å². The number of carbonyl (C=O) groups excluding carboxylic acids is 1. The van der Waals surface area contributed by atoms with Gasteiger partial charge in [0, 0.05) is 16.8 Å². The van der Waals surface area contributed by atoms with Crippen LogP contribution in [0.4, 0.5) is 5.69 Å².